The molecular formula is C26H33N7O2. The number of nitrogens with zero attached hydrogens (tertiary/aromatic N) is 7. The van der Waals surface area contributed by atoms with Gasteiger partial charge >= 0.3 is 0 Å². The molecule has 0 atom stereocenters. The van der Waals surface area contributed by atoms with Crippen LogP contribution in [0.25, 0.3) is 16.8 Å². The van der Waals surface area contributed by atoms with Crippen molar-refractivity contribution in [1.29, 1.82) is 0 Å². The third-order valence-corrected chi connectivity index (χ3v) is 6.79. The zero-order valence-corrected chi connectivity index (χ0v) is 20.6. The first-order valence-electron chi connectivity index (χ1n) is 12.4. The lowest BCUT2D eigenvalue weighted by atomic mass is 10.1. The van der Waals surface area contributed by atoms with Gasteiger partial charge in [0.2, 0.25) is 0 Å². The fraction of sp³-hybridized carbons (Fsp3) is 0.462. The molecule has 0 aromatic carbocycles. The average molecular weight is 476 g/mol. The summed E-state index contributed by atoms with van der Waals surface area (Å²) in [4.78, 5) is 31.9. The second-order valence-corrected chi connectivity index (χ2v) is 9.00. The van der Waals surface area contributed by atoms with Crippen molar-refractivity contribution in [3.63, 3.8) is 0 Å². The molecule has 0 unspecified atom stereocenters. The summed E-state index contributed by atoms with van der Waals surface area (Å²) in [5, 5.41) is 0. The molecule has 0 bridgehead atoms. The van der Waals surface area contributed by atoms with E-state index in [-0.39, 0.29) is 5.56 Å². The molecule has 4 aromatic rings. The minimum absolute atomic E-state index is 0.0475. The predicted molar refractivity (Wildman–Crippen MR) is 136 cm³/mol. The highest BCUT2D eigenvalue weighted by Crippen LogP contribution is 2.16. The van der Waals surface area contributed by atoms with E-state index in [1.807, 2.05) is 50.4 Å². The van der Waals surface area contributed by atoms with E-state index >= 15 is 0 Å². The molecule has 0 N–H and O–H groups in total. The zero-order chi connectivity index (χ0) is 24.2. The molecule has 0 spiro atoms. The lowest BCUT2D eigenvalue weighted by molar-refractivity contribution is 0.121. The van der Waals surface area contributed by atoms with Crippen LogP contribution in [0.1, 0.15) is 24.0 Å². The second kappa shape index (κ2) is 10.6. The van der Waals surface area contributed by atoms with E-state index in [0.717, 1.165) is 74.1 Å². The molecule has 4 aromatic heterocycles. The number of rotatable bonds is 9. The van der Waals surface area contributed by atoms with Crippen molar-refractivity contribution < 1.29 is 4.74 Å². The number of aromatic nitrogens is 5. The molecule has 0 radical (unpaired) electrons. The Kier molecular flexibility index (Phi) is 7.17. The molecule has 0 aliphatic carbocycles. The number of fused-ring (bicyclic) bond motifs is 2. The molecule has 0 saturated carbocycles. The van der Waals surface area contributed by atoms with Crippen molar-refractivity contribution in [2.24, 2.45) is 0 Å². The Labute approximate surface area is 205 Å². The largest absolute Gasteiger partial charge is 0.380 e. The third-order valence-electron chi connectivity index (χ3n) is 6.79. The number of aryl methyl sites for hydroxylation is 1. The fourth-order valence-electron chi connectivity index (χ4n) is 4.83. The van der Waals surface area contributed by atoms with Gasteiger partial charge in [-0.05, 0) is 44.5 Å². The number of hydrogen-bond donors (Lipinski definition) is 0. The molecular weight excluding hydrogens is 442 g/mol. The van der Waals surface area contributed by atoms with Crippen molar-refractivity contribution in [3.8, 4) is 0 Å². The maximum absolute atomic E-state index is 13.0. The van der Waals surface area contributed by atoms with Crippen LogP contribution in [0, 0.1) is 6.92 Å². The van der Waals surface area contributed by atoms with Crippen LogP contribution in [0.2, 0.25) is 0 Å². The normalized spacial score (nSPS) is 15.4. The molecule has 1 aliphatic rings. The van der Waals surface area contributed by atoms with E-state index in [2.05, 4.69) is 24.3 Å². The van der Waals surface area contributed by atoms with Crippen molar-refractivity contribution in [2.75, 3.05) is 45.9 Å². The Balaban J connectivity index is 1.20. The summed E-state index contributed by atoms with van der Waals surface area (Å²) in [5.41, 5.74) is 4.25. The first-order chi connectivity index (χ1) is 17.1. The Morgan fingerprint density at radius 3 is 2.66 bits per heavy atom. The number of hydrogen-bond acceptors (Lipinski definition) is 7. The van der Waals surface area contributed by atoms with Crippen molar-refractivity contribution >= 4 is 16.8 Å². The first-order valence-corrected chi connectivity index (χ1v) is 12.4. The van der Waals surface area contributed by atoms with Crippen molar-refractivity contribution in [1.82, 2.24) is 33.7 Å². The summed E-state index contributed by atoms with van der Waals surface area (Å²) in [6.45, 7) is 11.6. The van der Waals surface area contributed by atoms with Crippen LogP contribution < -0.4 is 5.56 Å². The van der Waals surface area contributed by atoms with E-state index < -0.39 is 0 Å². The summed E-state index contributed by atoms with van der Waals surface area (Å²) in [7, 11) is 0. The molecule has 9 nitrogen and oxygen atoms in total. The quantitative estimate of drug-likeness (QED) is 0.343. The summed E-state index contributed by atoms with van der Waals surface area (Å²) in [5.74, 6) is 1.04. The minimum Gasteiger partial charge on any atom is -0.380 e. The highest BCUT2D eigenvalue weighted by atomic mass is 16.5. The van der Waals surface area contributed by atoms with E-state index in [9.17, 15) is 4.79 Å². The van der Waals surface area contributed by atoms with E-state index in [1.165, 1.54) is 0 Å². The second-order valence-electron chi connectivity index (χ2n) is 9.00. The molecule has 5 heterocycles. The number of ether oxygens (including phenoxy) is 1. The lowest BCUT2D eigenvalue weighted by Crippen LogP contribution is -2.47. The van der Waals surface area contributed by atoms with Gasteiger partial charge in [-0.25, -0.2) is 15.0 Å². The fourth-order valence-corrected chi connectivity index (χ4v) is 4.83. The van der Waals surface area contributed by atoms with Crippen LogP contribution in [0.4, 0.5) is 0 Å². The molecule has 1 aliphatic heterocycles. The molecule has 0 amide bonds. The topological polar surface area (TPSA) is 80.8 Å². The number of pyridine rings is 2. The van der Waals surface area contributed by atoms with Crippen LogP contribution in [0.3, 0.4) is 0 Å². The van der Waals surface area contributed by atoms with Crippen molar-refractivity contribution in [2.45, 2.75) is 33.4 Å². The van der Waals surface area contributed by atoms with Crippen LogP contribution in [-0.4, -0.2) is 79.7 Å². The van der Waals surface area contributed by atoms with Gasteiger partial charge in [-0.15, -0.1) is 0 Å². The highest BCUT2D eigenvalue weighted by Gasteiger charge is 2.21. The van der Waals surface area contributed by atoms with Crippen LogP contribution in [0.5, 0.6) is 0 Å². The lowest BCUT2D eigenvalue weighted by Gasteiger charge is -2.34. The standard InChI is InChI=1S/C26H33N7O2/c1-3-35-18-17-32-24(29-22-7-6-10-27-25(22)32)19-31-15-13-30(14-16-31)12-9-21-20(2)28-23-8-4-5-11-33(23)26(21)34/h4-8,10-11H,3,9,12-19H2,1-2H3. The summed E-state index contributed by atoms with van der Waals surface area (Å²) >= 11 is 0. The Morgan fingerprint density at radius 2 is 1.83 bits per heavy atom. The predicted octanol–water partition coefficient (Wildman–Crippen LogP) is 2.14. The van der Waals surface area contributed by atoms with Gasteiger partial charge in [0.25, 0.3) is 5.56 Å². The number of piperazine rings is 1. The van der Waals surface area contributed by atoms with Crippen LogP contribution in [0.15, 0.2) is 47.5 Å². The Bertz CT molecular complexity index is 1360. The van der Waals surface area contributed by atoms with Gasteiger partial charge in [-0.1, -0.05) is 6.07 Å². The highest BCUT2D eigenvalue weighted by molar-refractivity contribution is 5.71. The summed E-state index contributed by atoms with van der Waals surface area (Å²) < 4.78 is 9.43. The van der Waals surface area contributed by atoms with Gasteiger partial charge in [0, 0.05) is 69.5 Å². The van der Waals surface area contributed by atoms with Gasteiger partial charge < -0.3 is 14.2 Å². The zero-order valence-electron chi connectivity index (χ0n) is 20.6. The molecule has 5 rings (SSSR count). The van der Waals surface area contributed by atoms with Gasteiger partial charge in [0.1, 0.15) is 17.0 Å². The smallest absolute Gasteiger partial charge is 0.261 e. The van der Waals surface area contributed by atoms with Gasteiger partial charge in [0.05, 0.1) is 13.2 Å². The van der Waals surface area contributed by atoms with Crippen LogP contribution in [-0.2, 0) is 24.2 Å². The molecule has 35 heavy (non-hydrogen) atoms. The SMILES string of the molecule is CCOCCn1c(CN2CCN(CCc3c(C)nc4ccccn4c3=O)CC2)nc2cccnc21. The summed E-state index contributed by atoms with van der Waals surface area (Å²) in [6.07, 6.45) is 4.33. The first kappa shape index (κ1) is 23.6. The van der Waals surface area contributed by atoms with Gasteiger partial charge in [-0.3, -0.25) is 14.1 Å². The third kappa shape index (κ3) is 5.12. The minimum atomic E-state index is 0.0475. The summed E-state index contributed by atoms with van der Waals surface area (Å²) in [6, 6.07) is 9.61. The van der Waals surface area contributed by atoms with E-state index in [0.29, 0.717) is 25.3 Å². The average Bonchev–Trinajstić information content (AvgIpc) is 3.22. The monoisotopic (exact) mass is 475 g/mol. The maximum Gasteiger partial charge on any atom is 0.261 e. The molecule has 9 heteroatoms. The molecule has 1 saturated heterocycles. The number of imidazole rings is 1. The van der Waals surface area contributed by atoms with Crippen molar-refractivity contribution in [3.05, 3.63) is 70.2 Å². The Morgan fingerprint density at radius 1 is 1.00 bits per heavy atom. The maximum atomic E-state index is 13.0. The molecule has 184 valence electrons. The van der Waals surface area contributed by atoms with E-state index in [1.54, 1.807) is 10.6 Å². The van der Waals surface area contributed by atoms with Crippen LogP contribution >= 0.6 is 0 Å². The molecule has 1 fully saturated rings. The van der Waals surface area contributed by atoms with E-state index in [4.69, 9.17) is 9.72 Å². The Hall–Kier alpha value is -3.14. The van der Waals surface area contributed by atoms with Gasteiger partial charge in [0.15, 0.2) is 5.65 Å². The van der Waals surface area contributed by atoms with Gasteiger partial charge in [-0.2, -0.15) is 0 Å².